The summed E-state index contributed by atoms with van der Waals surface area (Å²) < 4.78 is 5.05. The van der Waals surface area contributed by atoms with Gasteiger partial charge in [-0.25, -0.2) is 14.8 Å². The lowest BCUT2D eigenvalue weighted by Gasteiger charge is -2.10. The van der Waals surface area contributed by atoms with Gasteiger partial charge in [-0.1, -0.05) is 23.7 Å². The van der Waals surface area contributed by atoms with Crippen molar-refractivity contribution in [1.82, 2.24) is 9.97 Å². The highest BCUT2D eigenvalue weighted by atomic mass is 35.5. The topological polar surface area (TPSA) is 52.1 Å². The van der Waals surface area contributed by atoms with Gasteiger partial charge < -0.3 is 4.74 Å². The molecule has 2 aromatic rings. The molecule has 1 aromatic heterocycles. The van der Waals surface area contributed by atoms with E-state index in [0.717, 1.165) is 5.56 Å². The van der Waals surface area contributed by atoms with Gasteiger partial charge >= 0.3 is 5.97 Å². The highest BCUT2D eigenvalue weighted by Gasteiger charge is 2.19. The Morgan fingerprint density at radius 1 is 1.37 bits per heavy atom. The number of hydrogen-bond donors (Lipinski definition) is 0. The summed E-state index contributed by atoms with van der Waals surface area (Å²) in [7, 11) is 0. The van der Waals surface area contributed by atoms with E-state index in [2.05, 4.69) is 9.97 Å². The summed E-state index contributed by atoms with van der Waals surface area (Å²) in [5, 5.41) is 0.587. The Bertz CT molecular complexity index is 614. The number of halogens is 1. The second-order valence-corrected chi connectivity index (χ2v) is 4.35. The number of aromatic nitrogens is 2. The minimum Gasteiger partial charge on any atom is -0.462 e. The first-order valence-electron chi connectivity index (χ1n) is 5.88. The largest absolute Gasteiger partial charge is 0.462 e. The Morgan fingerprint density at radius 3 is 2.84 bits per heavy atom. The van der Waals surface area contributed by atoms with Crippen LogP contribution in [0.15, 0.2) is 30.6 Å². The smallest absolute Gasteiger partial charge is 0.342 e. The molecule has 0 saturated carbocycles. The molecule has 19 heavy (non-hydrogen) atoms. The van der Waals surface area contributed by atoms with E-state index in [1.165, 1.54) is 6.33 Å². The van der Waals surface area contributed by atoms with Crippen LogP contribution in [-0.4, -0.2) is 22.5 Å². The van der Waals surface area contributed by atoms with Crippen LogP contribution < -0.4 is 0 Å². The first kappa shape index (κ1) is 13.5. The van der Waals surface area contributed by atoms with Crippen molar-refractivity contribution in [3.8, 4) is 11.3 Å². The average Bonchev–Trinajstić information content (AvgIpc) is 2.38. The quantitative estimate of drug-likeness (QED) is 0.807. The molecule has 1 heterocycles. The number of rotatable bonds is 3. The molecule has 0 bridgehead atoms. The predicted octanol–water partition coefficient (Wildman–Crippen LogP) is 3.28. The summed E-state index contributed by atoms with van der Waals surface area (Å²) in [5.41, 5.74) is 2.27. The number of nitrogens with zero attached hydrogens (tertiary/aromatic N) is 2. The van der Waals surface area contributed by atoms with Crippen LogP contribution >= 0.6 is 11.6 Å². The molecule has 0 aliphatic rings. The van der Waals surface area contributed by atoms with Crippen LogP contribution in [-0.2, 0) is 4.74 Å². The van der Waals surface area contributed by atoms with Crippen LogP contribution in [0, 0.1) is 6.92 Å². The van der Waals surface area contributed by atoms with E-state index < -0.39 is 5.97 Å². The van der Waals surface area contributed by atoms with Crippen LogP contribution in [0.1, 0.15) is 23.0 Å². The van der Waals surface area contributed by atoms with Gasteiger partial charge in [-0.2, -0.15) is 0 Å². The summed E-state index contributed by atoms with van der Waals surface area (Å²) in [6.45, 7) is 3.82. The van der Waals surface area contributed by atoms with Crippen molar-refractivity contribution in [3.63, 3.8) is 0 Å². The van der Waals surface area contributed by atoms with Crippen molar-refractivity contribution in [1.29, 1.82) is 0 Å². The molecule has 0 amide bonds. The van der Waals surface area contributed by atoms with Gasteiger partial charge in [0, 0.05) is 10.6 Å². The minimum atomic E-state index is -0.421. The van der Waals surface area contributed by atoms with E-state index in [9.17, 15) is 4.79 Å². The van der Waals surface area contributed by atoms with E-state index in [1.54, 1.807) is 26.0 Å². The first-order valence-corrected chi connectivity index (χ1v) is 6.26. The third-order valence-electron chi connectivity index (χ3n) is 2.61. The molecule has 0 saturated heterocycles. The maximum Gasteiger partial charge on any atom is 0.342 e. The second kappa shape index (κ2) is 5.80. The van der Waals surface area contributed by atoms with Crippen molar-refractivity contribution in [3.05, 3.63) is 46.9 Å². The number of benzene rings is 1. The lowest BCUT2D eigenvalue weighted by Crippen LogP contribution is -2.11. The maximum absolute atomic E-state index is 12.0. The van der Waals surface area contributed by atoms with Crippen LogP contribution in [0.2, 0.25) is 5.02 Å². The number of ether oxygens (including phenoxy) is 1. The lowest BCUT2D eigenvalue weighted by molar-refractivity contribution is 0.0525. The molecule has 0 atom stereocenters. The molecule has 0 aliphatic carbocycles. The first-order chi connectivity index (χ1) is 9.13. The SMILES string of the molecule is CCOC(=O)c1c(C)ncnc1-c1cccc(Cl)c1. The number of esters is 1. The normalized spacial score (nSPS) is 10.3. The fourth-order valence-corrected chi connectivity index (χ4v) is 1.97. The highest BCUT2D eigenvalue weighted by Crippen LogP contribution is 2.25. The number of carbonyl (C=O) groups is 1. The Balaban J connectivity index is 2.57. The Hall–Kier alpha value is -1.94. The summed E-state index contributed by atoms with van der Waals surface area (Å²) in [5.74, 6) is -0.421. The standard InChI is InChI=1S/C14H13ClN2O2/c1-3-19-14(18)12-9(2)16-8-17-13(12)10-5-4-6-11(15)7-10/h4-8H,3H2,1-2H3. The van der Waals surface area contributed by atoms with Gasteiger partial charge in [0.2, 0.25) is 0 Å². The third kappa shape index (κ3) is 2.90. The predicted molar refractivity (Wildman–Crippen MR) is 73.2 cm³/mol. The molecule has 98 valence electrons. The van der Waals surface area contributed by atoms with Crippen LogP contribution in [0.5, 0.6) is 0 Å². The zero-order chi connectivity index (χ0) is 13.8. The van der Waals surface area contributed by atoms with Gasteiger partial charge in [-0.15, -0.1) is 0 Å². The van der Waals surface area contributed by atoms with Gasteiger partial charge in [0.15, 0.2) is 0 Å². The number of aryl methyl sites for hydroxylation is 1. The summed E-state index contributed by atoms with van der Waals surface area (Å²) in [4.78, 5) is 20.2. The molecule has 4 nitrogen and oxygen atoms in total. The lowest BCUT2D eigenvalue weighted by atomic mass is 10.0. The second-order valence-electron chi connectivity index (χ2n) is 3.91. The van der Waals surface area contributed by atoms with E-state index in [4.69, 9.17) is 16.3 Å². The molecular weight excluding hydrogens is 264 g/mol. The molecule has 1 aromatic carbocycles. The maximum atomic E-state index is 12.0. The van der Waals surface area contributed by atoms with Gasteiger partial charge in [0.25, 0.3) is 0 Å². The summed E-state index contributed by atoms with van der Waals surface area (Å²) in [6.07, 6.45) is 1.42. The molecule has 0 unspecified atom stereocenters. The van der Waals surface area contributed by atoms with Gasteiger partial charge in [-0.05, 0) is 26.0 Å². The Labute approximate surface area is 116 Å². The van der Waals surface area contributed by atoms with Gasteiger partial charge in [0.1, 0.15) is 11.9 Å². The third-order valence-corrected chi connectivity index (χ3v) is 2.85. The summed E-state index contributed by atoms with van der Waals surface area (Å²) >= 11 is 5.97. The molecular formula is C14H13ClN2O2. The monoisotopic (exact) mass is 276 g/mol. The van der Waals surface area contributed by atoms with Gasteiger partial charge in [-0.3, -0.25) is 0 Å². The van der Waals surface area contributed by atoms with Crippen molar-refractivity contribution >= 4 is 17.6 Å². The van der Waals surface area contributed by atoms with E-state index >= 15 is 0 Å². The summed E-state index contributed by atoms with van der Waals surface area (Å²) in [6, 6.07) is 7.18. The zero-order valence-electron chi connectivity index (χ0n) is 10.7. The number of hydrogen-bond acceptors (Lipinski definition) is 4. The van der Waals surface area contributed by atoms with E-state index in [0.29, 0.717) is 28.6 Å². The molecule has 0 N–H and O–H groups in total. The molecule has 0 radical (unpaired) electrons. The molecule has 0 spiro atoms. The van der Waals surface area contributed by atoms with Crippen LogP contribution in [0.3, 0.4) is 0 Å². The van der Waals surface area contributed by atoms with Crippen molar-refractivity contribution < 1.29 is 9.53 Å². The number of carbonyl (C=O) groups excluding carboxylic acids is 1. The fourth-order valence-electron chi connectivity index (χ4n) is 1.78. The van der Waals surface area contributed by atoms with Crippen molar-refractivity contribution in [2.24, 2.45) is 0 Å². The molecule has 5 heteroatoms. The highest BCUT2D eigenvalue weighted by molar-refractivity contribution is 6.30. The average molecular weight is 277 g/mol. The Morgan fingerprint density at radius 2 is 2.16 bits per heavy atom. The molecule has 0 aliphatic heterocycles. The fraction of sp³-hybridized carbons (Fsp3) is 0.214. The molecule has 2 rings (SSSR count). The van der Waals surface area contributed by atoms with Crippen LogP contribution in [0.25, 0.3) is 11.3 Å². The van der Waals surface area contributed by atoms with Crippen LogP contribution in [0.4, 0.5) is 0 Å². The van der Waals surface area contributed by atoms with Crippen molar-refractivity contribution in [2.45, 2.75) is 13.8 Å². The minimum absolute atomic E-state index is 0.308. The van der Waals surface area contributed by atoms with E-state index in [-0.39, 0.29) is 0 Å². The zero-order valence-corrected chi connectivity index (χ0v) is 11.4. The van der Waals surface area contributed by atoms with E-state index in [1.807, 2.05) is 12.1 Å². The molecule has 0 fully saturated rings. The van der Waals surface area contributed by atoms with Crippen molar-refractivity contribution in [2.75, 3.05) is 6.61 Å². The Kier molecular flexibility index (Phi) is 4.12. The van der Waals surface area contributed by atoms with Gasteiger partial charge in [0.05, 0.1) is 18.0 Å².